The van der Waals surface area contributed by atoms with Crippen LogP contribution < -0.4 is 0 Å². The first-order valence-electron chi connectivity index (χ1n) is 7.01. The zero-order chi connectivity index (χ0) is 13.8. The van der Waals surface area contributed by atoms with Crippen LogP contribution in [0.15, 0.2) is 17.3 Å². The number of hydrogen-bond acceptors (Lipinski definition) is 3. The van der Waals surface area contributed by atoms with Gasteiger partial charge in [0.1, 0.15) is 0 Å². The molecule has 3 heteroatoms. The molecule has 0 aromatic heterocycles. The van der Waals surface area contributed by atoms with Crippen LogP contribution >= 0.6 is 11.8 Å². The molecule has 1 aliphatic carbocycles. The summed E-state index contributed by atoms with van der Waals surface area (Å²) in [5.74, 6) is 1.02. The Kier molecular flexibility index (Phi) is 4.92. The average molecular weight is 277 g/mol. The van der Waals surface area contributed by atoms with Gasteiger partial charge in [-0.3, -0.25) is 0 Å². The molecule has 0 spiro atoms. The smallest absolute Gasteiger partial charge is 0.0700 e. The van der Waals surface area contributed by atoms with Crippen molar-refractivity contribution in [3.8, 4) is 0 Å². The molecule has 0 bridgehead atoms. The first kappa shape index (κ1) is 14.4. The Morgan fingerprint density at radius 2 is 1.89 bits per heavy atom. The summed E-state index contributed by atoms with van der Waals surface area (Å²) >= 11 is 1.93. The van der Waals surface area contributed by atoms with Gasteiger partial charge in [0.05, 0.1) is 5.71 Å². The molecule has 1 saturated carbocycles. The van der Waals surface area contributed by atoms with Crippen LogP contribution in [0.25, 0.3) is 0 Å². The molecule has 104 valence electrons. The van der Waals surface area contributed by atoms with Crippen molar-refractivity contribution in [2.45, 2.75) is 57.5 Å². The predicted molar refractivity (Wildman–Crippen MR) is 83.4 cm³/mol. The van der Waals surface area contributed by atoms with E-state index >= 15 is 0 Å². The van der Waals surface area contributed by atoms with E-state index in [-0.39, 0.29) is 0 Å². The monoisotopic (exact) mass is 277 g/mol. The van der Waals surface area contributed by atoms with Crippen molar-refractivity contribution in [3.05, 3.63) is 34.4 Å². The van der Waals surface area contributed by atoms with Gasteiger partial charge in [0, 0.05) is 11.0 Å². The number of rotatable bonds is 3. The molecule has 1 N–H and O–H groups in total. The molecule has 0 amide bonds. The summed E-state index contributed by atoms with van der Waals surface area (Å²) in [5.41, 5.74) is 6.52. The molecule has 1 aromatic rings. The van der Waals surface area contributed by atoms with Gasteiger partial charge >= 0.3 is 0 Å². The maximum absolute atomic E-state index is 9.08. The molecule has 1 aliphatic rings. The number of thioether (sulfide) groups is 1. The van der Waals surface area contributed by atoms with Crippen molar-refractivity contribution in [1.29, 1.82) is 0 Å². The van der Waals surface area contributed by atoms with E-state index in [2.05, 4.69) is 38.1 Å². The lowest BCUT2D eigenvalue weighted by atomic mass is 9.98. The van der Waals surface area contributed by atoms with Crippen LogP contribution in [0.4, 0.5) is 0 Å². The molecule has 0 aliphatic heterocycles. The summed E-state index contributed by atoms with van der Waals surface area (Å²) in [6, 6.07) is 4.51. The predicted octanol–water partition coefficient (Wildman–Crippen LogP) is 4.62. The van der Waals surface area contributed by atoms with Crippen LogP contribution in [-0.4, -0.2) is 16.2 Å². The third-order valence-electron chi connectivity index (χ3n) is 3.92. The lowest BCUT2D eigenvalue weighted by molar-refractivity contribution is 0.314. The zero-order valence-electron chi connectivity index (χ0n) is 12.1. The summed E-state index contributed by atoms with van der Waals surface area (Å²) in [4.78, 5) is 0. The standard InChI is InChI=1S/C16H23NOS/c1-11-8-12(2)14(13(3)9-11)10-19-16-7-5-4-6-15(16)17-18/h8-9,16,18H,4-7,10H2,1-3H3. The Labute approximate surface area is 120 Å². The van der Waals surface area contributed by atoms with Gasteiger partial charge in [-0.05, 0) is 56.7 Å². The van der Waals surface area contributed by atoms with Crippen molar-refractivity contribution in [1.82, 2.24) is 0 Å². The van der Waals surface area contributed by atoms with Gasteiger partial charge in [-0.1, -0.05) is 29.3 Å². The largest absolute Gasteiger partial charge is 0.411 e. The number of nitrogens with zero attached hydrogens (tertiary/aromatic N) is 1. The summed E-state index contributed by atoms with van der Waals surface area (Å²) in [6.07, 6.45) is 4.52. The fourth-order valence-corrected chi connectivity index (χ4v) is 4.39. The number of aryl methyl sites for hydroxylation is 3. The minimum atomic E-state index is 0.402. The van der Waals surface area contributed by atoms with E-state index in [1.165, 1.54) is 35.1 Å². The van der Waals surface area contributed by atoms with Crippen molar-refractivity contribution in [2.24, 2.45) is 5.16 Å². The Hall–Kier alpha value is -0.960. The van der Waals surface area contributed by atoms with Crippen LogP contribution in [0.5, 0.6) is 0 Å². The maximum atomic E-state index is 9.08. The number of oxime groups is 1. The van der Waals surface area contributed by atoms with Crippen molar-refractivity contribution in [2.75, 3.05) is 0 Å². The quantitative estimate of drug-likeness (QED) is 0.646. The Balaban J connectivity index is 2.06. The molecule has 1 fully saturated rings. The molecule has 0 heterocycles. The van der Waals surface area contributed by atoms with E-state index in [1.54, 1.807) is 0 Å². The second kappa shape index (κ2) is 6.47. The number of hydrogen-bond donors (Lipinski definition) is 1. The number of benzene rings is 1. The van der Waals surface area contributed by atoms with Gasteiger partial charge in [-0.2, -0.15) is 0 Å². The summed E-state index contributed by atoms with van der Waals surface area (Å²) in [6.45, 7) is 6.53. The van der Waals surface area contributed by atoms with E-state index in [1.807, 2.05) is 11.8 Å². The minimum absolute atomic E-state index is 0.402. The van der Waals surface area contributed by atoms with Crippen LogP contribution in [0, 0.1) is 20.8 Å². The van der Waals surface area contributed by atoms with Crippen LogP contribution in [0.1, 0.15) is 47.9 Å². The highest BCUT2D eigenvalue weighted by Gasteiger charge is 2.21. The van der Waals surface area contributed by atoms with Gasteiger partial charge in [-0.25, -0.2) is 0 Å². The van der Waals surface area contributed by atoms with Crippen molar-refractivity contribution >= 4 is 17.5 Å². The summed E-state index contributed by atoms with van der Waals surface area (Å²) < 4.78 is 0. The first-order valence-corrected chi connectivity index (χ1v) is 8.06. The van der Waals surface area contributed by atoms with E-state index < -0.39 is 0 Å². The van der Waals surface area contributed by atoms with E-state index in [4.69, 9.17) is 5.21 Å². The lowest BCUT2D eigenvalue weighted by Gasteiger charge is -2.23. The highest BCUT2D eigenvalue weighted by Crippen LogP contribution is 2.31. The van der Waals surface area contributed by atoms with Gasteiger partial charge in [0.15, 0.2) is 0 Å². The fourth-order valence-electron chi connectivity index (χ4n) is 2.88. The SMILES string of the molecule is Cc1cc(C)c(CSC2CCCCC2=NO)c(C)c1. The van der Waals surface area contributed by atoms with Gasteiger partial charge in [0.2, 0.25) is 0 Å². The Bertz CT molecular complexity index is 459. The highest BCUT2D eigenvalue weighted by atomic mass is 32.2. The van der Waals surface area contributed by atoms with Crippen LogP contribution in [0.2, 0.25) is 0 Å². The normalized spacial score (nSPS) is 21.8. The summed E-state index contributed by atoms with van der Waals surface area (Å²) in [5, 5.41) is 13.0. The molecule has 0 radical (unpaired) electrons. The van der Waals surface area contributed by atoms with Crippen LogP contribution in [0.3, 0.4) is 0 Å². The molecule has 0 saturated heterocycles. The lowest BCUT2D eigenvalue weighted by Crippen LogP contribution is -2.22. The third-order valence-corrected chi connectivity index (χ3v) is 5.28. The Morgan fingerprint density at radius 1 is 1.21 bits per heavy atom. The van der Waals surface area contributed by atoms with E-state index in [9.17, 15) is 0 Å². The minimum Gasteiger partial charge on any atom is -0.411 e. The molecule has 2 nitrogen and oxygen atoms in total. The van der Waals surface area contributed by atoms with Gasteiger partial charge < -0.3 is 5.21 Å². The van der Waals surface area contributed by atoms with Gasteiger partial charge in [-0.15, -0.1) is 11.8 Å². The molecule has 1 aromatic carbocycles. The second-order valence-electron chi connectivity index (χ2n) is 5.51. The first-order chi connectivity index (χ1) is 9.11. The van der Waals surface area contributed by atoms with Crippen molar-refractivity contribution < 1.29 is 5.21 Å². The maximum Gasteiger partial charge on any atom is 0.0700 e. The Morgan fingerprint density at radius 3 is 2.53 bits per heavy atom. The van der Waals surface area contributed by atoms with Crippen molar-refractivity contribution in [3.63, 3.8) is 0 Å². The third kappa shape index (κ3) is 3.53. The van der Waals surface area contributed by atoms with E-state index in [0.717, 1.165) is 24.3 Å². The average Bonchev–Trinajstić information content (AvgIpc) is 2.38. The highest BCUT2D eigenvalue weighted by molar-refractivity contribution is 7.99. The fraction of sp³-hybridized carbons (Fsp3) is 0.562. The molecule has 1 atom stereocenters. The topological polar surface area (TPSA) is 32.6 Å². The van der Waals surface area contributed by atoms with E-state index in [0.29, 0.717) is 5.25 Å². The second-order valence-corrected chi connectivity index (χ2v) is 6.71. The molecular formula is C16H23NOS. The summed E-state index contributed by atoms with van der Waals surface area (Å²) in [7, 11) is 0. The molecule has 2 rings (SSSR count). The van der Waals surface area contributed by atoms with Gasteiger partial charge in [0.25, 0.3) is 0 Å². The molecule has 1 unspecified atom stereocenters. The zero-order valence-corrected chi connectivity index (χ0v) is 12.9. The van der Waals surface area contributed by atoms with Crippen LogP contribution in [-0.2, 0) is 5.75 Å². The molecule has 19 heavy (non-hydrogen) atoms. The molecular weight excluding hydrogens is 254 g/mol.